The van der Waals surface area contributed by atoms with Gasteiger partial charge in [0.1, 0.15) is 11.5 Å². The Hall–Kier alpha value is -3.88. The van der Waals surface area contributed by atoms with Crippen LogP contribution in [0, 0.1) is 6.92 Å². The van der Waals surface area contributed by atoms with Gasteiger partial charge in [0.2, 0.25) is 0 Å². The molecule has 5 aromatic rings. The quantitative estimate of drug-likeness (QED) is 0.297. The van der Waals surface area contributed by atoms with Crippen LogP contribution < -0.4 is 5.32 Å². The molecule has 7 nitrogen and oxygen atoms in total. The van der Waals surface area contributed by atoms with E-state index in [9.17, 15) is 4.79 Å². The van der Waals surface area contributed by atoms with Crippen LogP contribution in [-0.2, 0) is 4.74 Å². The second-order valence-corrected chi connectivity index (χ2v) is 9.92. The van der Waals surface area contributed by atoms with E-state index in [1.165, 1.54) is 11.3 Å². The number of aromatic amines is 1. The third-order valence-corrected chi connectivity index (χ3v) is 7.36. The van der Waals surface area contributed by atoms with Gasteiger partial charge in [-0.25, -0.2) is 9.78 Å². The normalized spacial score (nSPS) is 15.4. The average Bonchev–Trinajstić information content (AvgIpc) is 3.68. The molecule has 1 aromatic carbocycles. The lowest BCUT2D eigenvalue weighted by atomic mass is 10.0. The van der Waals surface area contributed by atoms with Gasteiger partial charge < -0.3 is 15.0 Å². The number of imidazole rings is 1. The number of hydrogen-bond acceptors (Lipinski definition) is 7. The van der Waals surface area contributed by atoms with Crippen LogP contribution in [0.4, 0.5) is 0 Å². The molecule has 1 saturated heterocycles. The van der Waals surface area contributed by atoms with Gasteiger partial charge >= 0.3 is 5.97 Å². The van der Waals surface area contributed by atoms with E-state index in [4.69, 9.17) is 4.74 Å². The number of nitrogens with one attached hydrogen (secondary N) is 2. The molecule has 5 heterocycles. The molecule has 8 heteroatoms. The summed E-state index contributed by atoms with van der Waals surface area (Å²) in [5.41, 5.74) is 7.33. The van der Waals surface area contributed by atoms with Gasteiger partial charge in [0.25, 0.3) is 0 Å². The SMILES string of the molecule is Cc1cccc(-c2[nH]cnc2-c2ccc3ncc(-c4csc(C(=O)OC[C@@H]5CCCN5)c4)cc3c2)n1. The van der Waals surface area contributed by atoms with Crippen molar-refractivity contribution < 1.29 is 9.53 Å². The Kier molecular flexibility index (Phi) is 6.04. The summed E-state index contributed by atoms with van der Waals surface area (Å²) in [6.45, 7) is 3.39. The van der Waals surface area contributed by atoms with E-state index in [1.807, 2.05) is 54.9 Å². The van der Waals surface area contributed by atoms with Gasteiger partial charge in [-0.15, -0.1) is 11.3 Å². The number of H-pyrrole nitrogens is 1. The standard InChI is InChI=1S/C28H25N5O2S/c1-17-4-2-6-24(33-17)27-26(31-16-32-27)18-7-8-23-19(10-18)11-20(13-30-23)21-12-25(36-15-21)28(34)35-14-22-5-3-9-29-22/h2,4,6-8,10-13,15-16,22,29H,3,5,9,14H2,1H3,(H,31,32)/t22-/m0/s1. The summed E-state index contributed by atoms with van der Waals surface area (Å²) in [4.78, 5) is 30.3. The van der Waals surface area contributed by atoms with E-state index in [1.54, 1.807) is 6.33 Å². The molecule has 1 fully saturated rings. The first-order valence-electron chi connectivity index (χ1n) is 12.0. The topological polar surface area (TPSA) is 92.8 Å². The molecule has 1 aliphatic heterocycles. The Labute approximate surface area is 212 Å². The molecule has 6 rings (SSSR count). The molecule has 4 aromatic heterocycles. The second-order valence-electron chi connectivity index (χ2n) is 9.01. The van der Waals surface area contributed by atoms with Crippen LogP contribution in [0.5, 0.6) is 0 Å². The fraction of sp³-hybridized carbons (Fsp3) is 0.214. The number of nitrogens with zero attached hydrogens (tertiary/aromatic N) is 3. The number of carbonyl (C=O) groups excluding carboxylic acids is 1. The third-order valence-electron chi connectivity index (χ3n) is 6.45. The van der Waals surface area contributed by atoms with Gasteiger partial charge in [-0.2, -0.15) is 0 Å². The fourth-order valence-corrected chi connectivity index (χ4v) is 5.38. The number of hydrogen-bond donors (Lipinski definition) is 2. The number of carbonyl (C=O) groups is 1. The molecule has 2 N–H and O–H groups in total. The molecule has 0 radical (unpaired) electrons. The highest BCUT2D eigenvalue weighted by Gasteiger charge is 2.18. The lowest BCUT2D eigenvalue weighted by molar-refractivity contribution is 0.0479. The Morgan fingerprint density at radius 2 is 2.03 bits per heavy atom. The molecule has 36 heavy (non-hydrogen) atoms. The first-order chi connectivity index (χ1) is 17.6. The Morgan fingerprint density at radius 1 is 1.11 bits per heavy atom. The first kappa shape index (κ1) is 22.6. The number of aromatic nitrogens is 4. The molecule has 0 aliphatic carbocycles. The minimum atomic E-state index is -0.271. The van der Waals surface area contributed by atoms with Gasteiger partial charge in [-0.05, 0) is 73.7 Å². The van der Waals surface area contributed by atoms with Crippen LogP contribution >= 0.6 is 11.3 Å². The van der Waals surface area contributed by atoms with Gasteiger partial charge in [0, 0.05) is 34.4 Å². The number of rotatable bonds is 6. The predicted molar refractivity (Wildman–Crippen MR) is 142 cm³/mol. The summed E-state index contributed by atoms with van der Waals surface area (Å²) in [5, 5.41) is 6.33. The molecule has 0 spiro atoms. The molecule has 180 valence electrons. The van der Waals surface area contributed by atoms with Crippen LogP contribution in [0.2, 0.25) is 0 Å². The molecule has 1 atom stereocenters. The minimum absolute atomic E-state index is 0.268. The number of aryl methyl sites for hydroxylation is 1. The van der Waals surface area contributed by atoms with Crippen molar-refractivity contribution in [1.82, 2.24) is 25.3 Å². The molecule has 0 unspecified atom stereocenters. The van der Waals surface area contributed by atoms with Crippen molar-refractivity contribution in [3.8, 4) is 33.8 Å². The zero-order chi connectivity index (χ0) is 24.5. The molecular weight excluding hydrogens is 470 g/mol. The summed E-state index contributed by atoms with van der Waals surface area (Å²) in [5.74, 6) is -0.271. The molecule has 1 aliphatic rings. The zero-order valence-corrected chi connectivity index (χ0v) is 20.6. The van der Waals surface area contributed by atoms with Crippen molar-refractivity contribution in [2.75, 3.05) is 13.2 Å². The van der Waals surface area contributed by atoms with E-state index < -0.39 is 0 Å². The van der Waals surface area contributed by atoms with Crippen LogP contribution in [0.1, 0.15) is 28.2 Å². The van der Waals surface area contributed by atoms with Crippen LogP contribution in [0.15, 0.2) is 66.4 Å². The number of pyridine rings is 2. The number of ether oxygens (including phenoxy) is 1. The highest BCUT2D eigenvalue weighted by atomic mass is 32.1. The third kappa shape index (κ3) is 4.53. The first-order valence-corrected chi connectivity index (χ1v) is 12.9. The lowest BCUT2D eigenvalue weighted by Gasteiger charge is -2.09. The van der Waals surface area contributed by atoms with E-state index in [-0.39, 0.29) is 12.0 Å². The summed E-state index contributed by atoms with van der Waals surface area (Å²) < 4.78 is 5.52. The highest BCUT2D eigenvalue weighted by molar-refractivity contribution is 7.12. The highest BCUT2D eigenvalue weighted by Crippen LogP contribution is 2.32. The molecule has 0 amide bonds. The summed E-state index contributed by atoms with van der Waals surface area (Å²) >= 11 is 1.40. The van der Waals surface area contributed by atoms with E-state index in [2.05, 4.69) is 37.4 Å². The van der Waals surface area contributed by atoms with Crippen LogP contribution in [-0.4, -0.2) is 45.1 Å². The fourth-order valence-electron chi connectivity index (χ4n) is 4.57. The maximum absolute atomic E-state index is 12.5. The van der Waals surface area contributed by atoms with Crippen molar-refractivity contribution in [2.24, 2.45) is 0 Å². The van der Waals surface area contributed by atoms with Crippen LogP contribution in [0.25, 0.3) is 44.7 Å². The molecule has 0 saturated carbocycles. The molecule has 0 bridgehead atoms. The van der Waals surface area contributed by atoms with Crippen molar-refractivity contribution >= 4 is 28.2 Å². The molecular formula is C28H25N5O2S. The zero-order valence-electron chi connectivity index (χ0n) is 19.8. The van der Waals surface area contributed by atoms with Crippen molar-refractivity contribution in [1.29, 1.82) is 0 Å². The number of esters is 1. The van der Waals surface area contributed by atoms with Crippen molar-refractivity contribution in [2.45, 2.75) is 25.8 Å². The van der Waals surface area contributed by atoms with Gasteiger partial charge in [0.15, 0.2) is 0 Å². The number of thiophene rings is 1. The summed E-state index contributed by atoms with van der Waals surface area (Å²) in [6, 6.07) is 16.3. The van der Waals surface area contributed by atoms with Crippen molar-refractivity contribution in [3.63, 3.8) is 0 Å². The summed E-state index contributed by atoms with van der Waals surface area (Å²) in [6.07, 6.45) is 5.72. The van der Waals surface area contributed by atoms with E-state index >= 15 is 0 Å². The Balaban J connectivity index is 1.27. The predicted octanol–water partition coefficient (Wildman–Crippen LogP) is 5.63. The van der Waals surface area contributed by atoms with Gasteiger partial charge in [-0.1, -0.05) is 12.1 Å². The maximum atomic E-state index is 12.5. The van der Waals surface area contributed by atoms with Gasteiger partial charge in [0.05, 0.1) is 28.9 Å². The lowest BCUT2D eigenvalue weighted by Crippen LogP contribution is -2.27. The average molecular weight is 496 g/mol. The Bertz CT molecular complexity index is 1550. The smallest absolute Gasteiger partial charge is 0.348 e. The second kappa shape index (κ2) is 9.64. The monoisotopic (exact) mass is 495 g/mol. The van der Waals surface area contributed by atoms with Crippen LogP contribution in [0.3, 0.4) is 0 Å². The Morgan fingerprint density at radius 3 is 2.89 bits per heavy atom. The summed E-state index contributed by atoms with van der Waals surface area (Å²) in [7, 11) is 0. The van der Waals surface area contributed by atoms with Crippen molar-refractivity contribution in [3.05, 3.63) is 77.0 Å². The van der Waals surface area contributed by atoms with E-state index in [0.29, 0.717) is 11.5 Å². The van der Waals surface area contributed by atoms with E-state index in [0.717, 1.165) is 69.8 Å². The van der Waals surface area contributed by atoms with Gasteiger partial charge in [-0.3, -0.25) is 9.97 Å². The number of fused-ring (bicyclic) bond motifs is 1. The maximum Gasteiger partial charge on any atom is 0.348 e. The number of benzene rings is 1. The minimum Gasteiger partial charge on any atom is -0.460 e. The largest absolute Gasteiger partial charge is 0.460 e.